The number of hydrogen-bond donors (Lipinski definition) is 1. The number of ether oxygens (including phenoxy) is 4. The summed E-state index contributed by atoms with van der Waals surface area (Å²) in [6.45, 7) is 4.89. The van der Waals surface area contributed by atoms with Crippen molar-refractivity contribution < 1.29 is 23.7 Å². The molecule has 0 bridgehead atoms. The zero-order valence-electron chi connectivity index (χ0n) is 15.7. The number of fused-ring (bicyclic) bond motifs is 1. The molecule has 0 unspecified atom stereocenters. The number of amides is 1. The van der Waals surface area contributed by atoms with Gasteiger partial charge in [0.2, 0.25) is 6.79 Å². The molecule has 0 spiro atoms. The predicted octanol–water partition coefficient (Wildman–Crippen LogP) is 3.76. The fourth-order valence-electron chi connectivity index (χ4n) is 2.65. The van der Waals surface area contributed by atoms with Crippen molar-refractivity contribution in [2.24, 2.45) is 0 Å². The molecule has 0 fully saturated rings. The van der Waals surface area contributed by atoms with Gasteiger partial charge in [0.25, 0.3) is 5.91 Å². The van der Waals surface area contributed by atoms with Crippen LogP contribution in [0.4, 0.5) is 5.69 Å². The number of rotatable bonds is 7. The molecule has 0 aromatic heterocycles. The smallest absolute Gasteiger partial charge is 0.266 e. The van der Waals surface area contributed by atoms with E-state index in [1.807, 2.05) is 19.9 Å². The predicted molar refractivity (Wildman–Crippen MR) is 104 cm³/mol. The molecule has 7 nitrogen and oxygen atoms in total. The Morgan fingerprint density at radius 2 is 1.86 bits per heavy atom. The quantitative estimate of drug-likeness (QED) is 0.581. The summed E-state index contributed by atoms with van der Waals surface area (Å²) in [5.74, 6) is 1.82. The van der Waals surface area contributed by atoms with E-state index in [1.165, 1.54) is 6.08 Å². The second kappa shape index (κ2) is 8.82. The maximum atomic E-state index is 12.5. The lowest BCUT2D eigenvalue weighted by Crippen LogP contribution is -2.13. The molecule has 1 heterocycles. The summed E-state index contributed by atoms with van der Waals surface area (Å²) < 4.78 is 21.6. The Bertz CT molecular complexity index is 946. The minimum Gasteiger partial charge on any atom is -0.490 e. The van der Waals surface area contributed by atoms with Gasteiger partial charge in [-0.15, -0.1) is 0 Å². The molecular weight excluding hydrogens is 360 g/mol. The van der Waals surface area contributed by atoms with Gasteiger partial charge in [0.05, 0.1) is 13.2 Å². The summed E-state index contributed by atoms with van der Waals surface area (Å²) in [6, 6.07) is 12.2. The molecule has 0 radical (unpaired) electrons. The molecule has 28 heavy (non-hydrogen) atoms. The van der Waals surface area contributed by atoms with Crippen LogP contribution in [0.5, 0.6) is 23.0 Å². The molecule has 0 saturated carbocycles. The minimum absolute atomic E-state index is 0.0377. The summed E-state index contributed by atoms with van der Waals surface area (Å²) in [5.41, 5.74) is 1.13. The molecule has 2 aromatic rings. The summed E-state index contributed by atoms with van der Waals surface area (Å²) in [6.07, 6.45) is 1.50. The summed E-state index contributed by atoms with van der Waals surface area (Å²) in [7, 11) is 0. The number of nitrogens with zero attached hydrogens (tertiary/aromatic N) is 1. The van der Waals surface area contributed by atoms with Crippen LogP contribution in [-0.4, -0.2) is 25.9 Å². The van der Waals surface area contributed by atoms with Crippen LogP contribution in [0.2, 0.25) is 0 Å². The third kappa shape index (κ3) is 4.35. The second-order valence-corrected chi connectivity index (χ2v) is 5.76. The summed E-state index contributed by atoms with van der Waals surface area (Å²) in [5, 5.41) is 12.1. The molecule has 1 aliphatic rings. The Hall–Kier alpha value is -3.66. The molecular formula is C21H20N2O5. The normalized spacial score (nSPS) is 12.2. The molecule has 0 aliphatic carbocycles. The number of nitrogens with one attached hydrogen (secondary N) is 1. The van der Waals surface area contributed by atoms with Crippen molar-refractivity contribution in [2.45, 2.75) is 13.8 Å². The lowest BCUT2D eigenvalue weighted by molar-refractivity contribution is -0.112. The van der Waals surface area contributed by atoms with Crippen molar-refractivity contribution in [3.63, 3.8) is 0 Å². The van der Waals surface area contributed by atoms with Crippen LogP contribution in [-0.2, 0) is 4.79 Å². The molecule has 0 saturated heterocycles. The van der Waals surface area contributed by atoms with Crippen LogP contribution >= 0.6 is 0 Å². The number of nitriles is 1. The maximum absolute atomic E-state index is 12.5. The maximum Gasteiger partial charge on any atom is 0.266 e. The standard InChI is InChI=1S/C21H20N2O5/c1-3-25-17-7-5-14(10-19(17)26-4-2)9-15(12-22)21(24)23-16-6-8-18-20(11-16)28-13-27-18/h5-11H,3-4,13H2,1-2H3,(H,23,24)/b15-9+. The van der Waals surface area contributed by atoms with E-state index in [0.29, 0.717) is 47.5 Å². The highest BCUT2D eigenvalue weighted by Crippen LogP contribution is 2.34. The Labute approximate surface area is 163 Å². The van der Waals surface area contributed by atoms with Gasteiger partial charge in [0.1, 0.15) is 11.6 Å². The minimum atomic E-state index is -0.520. The fraction of sp³-hybridized carbons (Fsp3) is 0.238. The van der Waals surface area contributed by atoms with Crippen LogP contribution in [0.3, 0.4) is 0 Å². The van der Waals surface area contributed by atoms with Gasteiger partial charge >= 0.3 is 0 Å². The van der Waals surface area contributed by atoms with E-state index in [4.69, 9.17) is 18.9 Å². The number of benzene rings is 2. The topological polar surface area (TPSA) is 89.8 Å². The first-order valence-corrected chi connectivity index (χ1v) is 8.87. The van der Waals surface area contributed by atoms with Gasteiger partial charge in [0.15, 0.2) is 23.0 Å². The van der Waals surface area contributed by atoms with E-state index in [2.05, 4.69) is 5.32 Å². The second-order valence-electron chi connectivity index (χ2n) is 5.76. The average molecular weight is 380 g/mol. The Morgan fingerprint density at radius 3 is 2.61 bits per heavy atom. The van der Waals surface area contributed by atoms with E-state index in [1.54, 1.807) is 36.4 Å². The van der Waals surface area contributed by atoms with Gasteiger partial charge < -0.3 is 24.3 Å². The highest BCUT2D eigenvalue weighted by molar-refractivity contribution is 6.09. The first-order valence-electron chi connectivity index (χ1n) is 8.87. The largest absolute Gasteiger partial charge is 0.490 e. The highest BCUT2D eigenvalue weighted by atomic mass is 16.7. The molecule has 7 heteroatoms. The van der Waals surface area contributed by atoms with Crippen LogP contribution in [0.15, 0.2) is 42.0 Å². The molecule has 1 N–H and O–H groups in total. The first-order chi connectivity index (χ1) is 13.6. The zero-order valence-corrected chi connectivity index (χ0v) is 15.7. The molecule has 144 valence electrons. The van der Waals surface area contributed by atoms with Gasteiger partial charge in [0, 0.05) is 11.8 Å². The van der Waals surface area contributed by atoms with Gasteiger partial charge in [-0.2, -0.15) is 5.26 Å². The van der Waals surface area contributed by atoms with Crippen LogP contribution in [0.1, 0.15) is 19.4 Å². The molecule has 1 aliphatic heterocycles. The van der Waals surface area contributed by atoms with E-state index in [-0.39, 0.29) is 12.4 Å². The molecule has 1 amide bonds. The summed E-state index contributed by atoms with van der Waals surface area (Å²) >= 11 is 0. The lowest BCUT2D eigenvalue weighted by atomic mass is 10.1. The van der Waals surface area contributed by atoms with Crippen LogP contribution < -0.4 is 24.3 Å². The monoisotopic (exact) mass is 380 g/mol. The Kier molecular flexibility index (Phi) is 6.02. The third-order valence-corrected chi connectivity index (χ3v) is 3.87. The Balaban J connectivity index is 1.80. The number of carbonyl (C=O) groups excluding carboxylic acids is 1. The molecule has 0 atom stereocenters. The van der Waals surface area contributed by atoms with E-state index < -0.39 is 5.91 Å². The van der Waals surface area contributed by atoms with Crippen molar-refractivity contribution in [1.82, 2.24) is 0 Å². The number of hydrogen-bond acceptors (Lipinski definition) is 6. The Morgan fingerprint density at radius 1 is 1.11 bits per heavy atom. The summed E-state index contributed by atoms with van der Waals surface area (Å²) in [4.78, 5) is 12.5. The van der Waals surface area contributed by atoms with Crippen molar-refractivity contribution in [1.29, 1.82) is 5.26 Å². The molecule has 3 rings (SSSR count). The van der Waals surface area contributed by atoms with Crippen molar-refractivity contribution >= 4 is 17.7 Å². The van der Waals surface area contributed by atoms with Crippen molar-refractivity contribution in [3.8, 4) is 29.1 Å². The van der Waals surface area contributed by atoms with Gasteiger partial charge in [-0.05, 0) is 49.8 Å². The van der Waals surface area contributed by atoms with Crippen LogP contribution in [0, 0.1) is 11.3 Å². The fourth-order valence-corrected chi connectivity index (χ4v) is 2.65. The molecule has 2 aromatic carbocycles. The number of anilines is 1. The van der Waals surface area contributed by atoms with Gasteiger partial charge in [-0.1, -0.05) is 6.07 Å². The van der Waals surface area contributed by atoms with E-state index in [9.17, 15) is 10.1 Å². The van der Waals surface area contributed by atoms with E-state index in [0.717, 1.165) is 0 Å². The first kappa shape index (κ1) is 19.1. The van der Waals surface area contributed by atoms with Gasteiger partial charge in [-0.25, -0.2) is 0 Å². The van der Waals surface area contributed by atoms with E-state index >= 15 is 0 Å². The average Bonchev–Trinajstić information content (AvgIpc) is 3.16. The lowest BCUT2D eigenvalue weighted by Gasteiger charge is -2.11. The van der Waals surface area contributed by atoms with Crippen LogP contribution in [0.25, 0.3) is 6.08 Å². The van der Waals surface area contributed by atoms with Crippen molar-refractivity contribution in [2.75, 3.05) is 25.3 Å². The van der Waals surface area contributed by atoms with Crippen molar-refractivity contribution in [3.05, 3.63) is 47.5 Å². The van der Waals surface area contributed by atoms with Gasteiger partial charge in [-0.3, -0.25) is 4.79 Å². The third-order valence-electron chi connectivity index (χ3n) is 3.87. The highest BCUT2D eigenvalue weighted by Gasteiger charge is 2.16. The number of carbonyl (C=O) groups is 1. The zero-order chi connectivity index (χ0) is 19.9. The SMILES string of the molecule is CCOc1ccc(/C=C(\C#N)C(=O)Nc2ccc3c(c2)OCO3)cc1OCC.